The molecule has 0 aliphatic carbocycles. The van der Waals surface area contributed by atoms with Gasteiger partial charge < -0.3 is 33.7 Å². The highest BCUT2D eigenvalue weighted by molar-refractivity contribution is 8.05. The molecule has 0 spiro atoms. The zero-order valence-corrected chi connectivity index (χ0v) is 26.2. The van der Waals surface area contributed by atoms with Crippen molar-refractivity contribution >= 4 is 35.7 Å². The number of hydrogen-bond acceptors (Lipinski definition) is 11. The van der Waals surface area contributed by atoms with Gasteiger partial charge in [-0.3, -0.25) is 9.69 Å². The van der Waals surface area contributed by atoms with E-state index in [-0.39, 0.29) is 25.7 Å². The topological polar surface area (TPSA) is 122 Å². The van der Waals surface area contributed by atoms with Gasteiger partial charge in [0.1, 0.15) is 6.61 Å². The lowest BCUT2D eigenvalue weighted by Gasteiger charge is -2.39. The van der Waals surface area contributed by atoms with Crippen molar-refractivity contribution in [2.24, 2.45) is 0 Å². The van der Waals surface area contributed by atoms with Crippen LogP contribution in [0, 0.1) is 0 Å². The minimum atomic E-state index is -0.762. The zero-order valence-electron chi connectivity index (χ0n) is 25.3. The minimum Gasteiger partial charge on any atom is -0.493 e. The lowest BCUT2D eigenvalue weighted by molar-refractivity contribution is -0.143. The SMILES string of the molecule is C=CCOc1ccc([C@@H]2C(C(=O)OCC)=C(C)N[C@@H]3S/C(=C\c4ccc(OCC(=O)OC)c(OCC)c4)C(=O)N32)cc1OC. The van der Waals surface area contributed by atoms with E-state index < -0.39 is 23.5 Å². The molecule has 11 nitrogen and oxygen atoms in total. The Labute approximate surface area is 260 Å². The number of hydrogen-bond donors (Lipinski definition) is 1. The summed E-state index contributed by atoms with van der Waals surface area (Å²) < 4.78 is 32.7. The Morgan fingerprint density at radius 1 is 1.00 bits per heavy atom. The van der Waals surface area contributed by atoms with E-state index in [0.717, 1.165) is 0 Å². The molecule has 234 valence electrons. The van der Waals surface area contributed by atoms with E-state index in [1.165, 1.54) is 26.0 Å². The van der Waals surface area contributed by atoms with Crippen molar-refractivity contribution in [2.45, 2.75) is 32.3 Å². The number of nitrogens with zero attached hydrogens (tertiary/aromatic N) is 1. The number of esters is 2. The highest BCUT2D eigenvalue weighted by Gasteiger charge is 2.48. The van der Waals surface area contributed by atoms with Crippen LogP contribution in [0.1, 0.15) is 37.9 Å². The van der Waals surface area contributed by atoms with Crippen LogP contribution in [0.5, 0.6) is 23.0 Å². The molecular formula is C32H36N2O9S. The van der Waals surface area contributed by atoms with Crippen LogP contribution in [0.2, 0.25) is 0 Å². The van der Waals surface area contributed by atoms with Crippen LogP contribution in [-0.4, -0.2) is 68.9 Å². The monoisotopic (exact) mass is 624 g/mol. The maximum absolute atomic E-state index is 14.1. The molecule has 1 amide bonds. The molecule has 44 heavy (non-hydrogen) atoms. The minimum absolute atomic E-state index is 0.179. The summed E-state index contributed by atoms with van der Waals surface area (Å²) in [4.78, 5) is 41.0. The van der Waals surface area contributed by atoms with Crippen LogP contribution in [0.15, 0.2) is 65.2 Å². The van der Waals surface area contributed by atoms with Crippen LogP contribution in [0.25, 0.3) is 6.08 Å². The van der Waals surface area contributed by atoms with Crippen LogP contribution >= 0.6 is 11.8 Å². The molecule has 2 aromatic carbocycles. The highest BCUT2D eigenvalue weighted by Crippen LogP contribution is 2.48. The number of benzene rings is 2. The van der Waals surface area contributed by atoms with Crippen molar-refractivity contribution in [1.82, 2.24) is 10.2 Å². The standard InChI is InChI=1S/C32H36N2O9S/c1-7-14-42-22-13-11-21(17-24(22)38-5)29-28(31(37)41-9-3)19(4)33-32-34(29)30(36)26(44-32)16-20-10-12-23(25(15-20)40-8-2)43-18-27(35)39-6/h7,10-13,15-17,29,32-33H,1,8-9,14,18H2,2-6H3/b26-16-/t29-,32+/m1/s1. The van der Waals surface area contributed by atoms with Gasteiger partial charge in [-0.15, -0.1) is 0 Å². The van der Waals surface area contributed by atoms with Crippen molar-refractivity contribution < 1.29 is 42.8 Å². The van der Waals surface area contributed by atoms with Gasteiger partial charge in [-0.1, -0.05) is 36.5 Å². The van der Waals surface area contributed by atoms with Crippen LogP contribution in [0.4, 0.5) is 0 Å². The maximum Gasteiger partial charge on any atom is 0.343 e. The fourth-order valence-corrected chi connectivity index (χ4v) is 6.01. The van der Waals surface area contributed by atoms with E-state index in [1.807, 2.05) is 13.0 Å². The Kier molecular flexibility index (Phi) is 10.8. The van der Waals surface area contributed by atoms with Gasteiger partial charge >= 0.3 is 11.9 Å². The summed E-state index contributed by atoms with van der Waals surface area (Å²) in [5.41, 5.74) is 1.78. The Hall–Kier alpha value is -4.58. The molecule has 0 radical (unpaired) electrons. The van der Waals surface area contributed by atoms with Crippen molar-refractivity contribution in [1.29, 1.82) is 0 Å². The predicted octanol–water partition coefficient (Wildman–Crippen LogP) is 4.59. The van der Waals surface area contributed by atoms with E-state index in [0.29, 0.717) is 56.9 Å². The van der Waals surface area contributed by atoms with Crippen molar-refractivity contribution in [3.63, 3.8) is 0 Å². The second-order valence-corrected chi connectivity index (χ2v) is 10.6. The summed E-state index contributed by atoms with van der Waals surface area (Å²) in [7, 11) is 2.81. The third kappa shape index (κ3) is 6.96. The number of amides is 1. The molecule has 2 atom stereocenters. The van der Waals surface area contributed by atoms with Gasteiger partial charge in [-0.2, -0.15) is 0 Å². The first kappa shape index (κ1) is 32.3. The summed E-state index contributed by atoms with van der Waals surface area (Å²) in [6.45, 7) is 9.61. The van der Waals surface area contributed by atoms with Crippen LogP contribution in [0.3, 0.4) is 0 Å². The third-order valence-corrected chi connectivity index (χ3v) is 7.84. The van der Waals surface area contributed by atoms with Crippen molar-refractivity contribution in [3.8, 4) is 23.0 Å². The molecule has 2 aromatic rings. The number of fused-ring (bicyclic) bond motifs is 1. The number of carbonyl (C=O) groups is 3. The Bertz CT molecular complexity index is 1490. The number of rotatable bonds is 13. The van der Waals surface area contributed by atoms with Gasteiger partial charge in [-0.25, -0.2) is 9.59 Å². The first-order valence-electron chi connectivity index (χ1n) is 14.0. The van der Waals surface area contributed by atoms with Crippen LogP contribution in [-0.2, 0) is 23.9 Å². The number of thioether (sulfide) groups is 1. The lowest BCUT2D eigenvalue weighted by Crippen LogP contribution is -2.50. The fourth-order valence-electron chi connectivity index (χ4n) is 4.79. The average Bonchev–Trinajstić information content (AvgIpc) is 3.32. The fraction of sp³-hybridized carbons (Fsp3) is 0.344. The van der Waals surface area contributed by atoms with Crippen molar-refractivity contribution in [2.75, 3.05) is 40.6 Å². The lowest BCUT2D eigenvalue weighted by atomic mass is 9.93. The number of allylic oxidation sites excluding steroid dienone is 1. The normalized spacial score (nSPS) is 18.3. The van der Waals surface area contributed by atoms with E-state index >= 15 is 0 Å². The largest absolute Gasteiger partial charge is 0.493 e. The average molecular weight is 625 g/mol. The van der Waals surface area contributed by atoms with E-state index in [1.54, 1.807) is 61.2 Å². The molecule has 0 saturated carbocycles. The van der Waals surface area contributed by atoms with Gasteiger partial charge in [-0.05, 0) is 62.2 Å². The predicted molar refractivity (Wildman–Crippen MR) is 165 cm³/mol. The number of ether oxygens (including phenoxy) is 6. The molecule has 1 saturated heterocycles. The quantitative estimate of drug-likeness (QED) is 0.191. The second-order valence-electron chi connectivity index (χ2n) is 9.51. The van der Waals surface area contributed by atoms with Gasteiger partial charge in [0.05, 0.1) is 44.0 Å². The molecular weight excluding hydrogens is 588 g/mol. The Morgan fingerprint density at radius 2 is 1.75 bits per heavy atom. The van der Waals surface area contributed by atoms with Gasteiger partial charge in [0.2, 0.25) is 0 Å². The third-order valence-electron chi connectivity index (χ3n) is 6.73. The summed E-state index contributed by atoms with van der Waals surface area (Å²) in [5, 5.41) is 3.31. The number of carbonyl (C=O) groups excluding carboxylic acids is 3. The molecule has 0 aromatic heterocycles. The van der Waals surface area contributed by atoms with E-state index in [4.69, 9.17) is 23.7 Å². The molecule has 1 N–H and O–H groups in total. The summed E-state index contributed by atoms with van der Waals surface area (Å²) in [6, 6.07) is 9.72. The molecule has 1 fully saturated rings. The van der Waals surface area contributed by atoms with Crippen LogP contribution < -0.4 is 24.3 Å². The Balaban J connectivity index is 1.72. The zero-order chi connectivity index (χ0) is 31.8. The molecule has 2 aliphatic rings. The molecule has 0 bridgehead atoms. The number of methoxy groups -OCH3 is 2. The summed E-state index contributed by atoms with van der Waals surface area (Å²) in [5.74, 6) is 0.432. The summed E-state index contributed by atoms with van der Waals surface area (Å²) in [6.07, 6.45) is 3.38. The van der Waals surface area contributed by atoms with E-state index in [9.17, 15) is 14.4 Å². The highest BCUT2D eigenvalue weighted by atomic mass is 32.2. The maximum atomic E-state index is 14.1. The van der Waals surface area contributed by atoms with Gasteiger partial charge in [0, 0.05) is 5.70 Å². The molecule has 2 aliphatic heterocycles. The molecule has 0 unspecified atom stereocenters. The first-order valence-corrected chi connectivity index (χ1v) is 14.9. The molecule has 12 heteroatoms. The van der Waals surface area contributed by atoms with Crippen molar-refractivity contribution in [3.05, 3.63) is 76.4 Å². The number of nitrogens with one attached hydrogen (secondary N) is 1. The van der Waals surface area contributed by atoms with E-state index in [2.05, 4.69) is 16.6 Å². The second kappa shape index (κ2) is 14.7. The smallest absolute Gasteiger partial charge is 0.343 e. The molecule has 2 heterocycles. The Morgan fingerprint density at radius 3 is 2.43 bits per heavy atom. The van der Waals surface area contributed by atoms with Gasteiger partial charge in [0.25, 0.3) is 5.91 Å². The summed E-state index contributed by atoms with van der Waals surface area (Å²) >= 11 is 1.33. The first-order chi connectivity index (χ1) is 21.3. The van der Waals surface area contributed by atoms with Gasteiger partial charge in [0.15, 0.2) is 35.1 Å². The molecule has 4 rings (SSSR count).